The Hall–Kier alpha value is -1.81. The van der Waals surface area contributed by atoms with Crippen molar-refractivity contribution in [1.82, 2.24) is 9.97 Å². The van der Waals surface area contributed by atoms with Crippen molar-refractivity contribution >= 4 is 29.1 Å². The van der Waals surface area contributed by atoms with Crippen LogP contribution in [0.1, 0.15) is 37.7 Å². The van der Waals surface area contributed by atoms with Gasteiger partial charge in [0.1, 0.15) is 5.82 Å². The van der Waals surface area contributed by atoms with E-state index in [9.17, 15) is 0 Å². The number of hydrogen-bond acceptors (Lipinski definition) is 4. The quantitative estimate of drug-likeness (QED) is 0.840. The Labute approximate surface area is 136 Å². The molecule has 0 bridgehead atoms. The molecule has 0 radical (unpaired) electrons. The Balaban J connectivity index is 1.71. The first kappa shape index (κ1) is 15.1. The summed E-state index contributed by atoms with van der Waals surface area (Å²) in [4.78, 5) is 8.85. The number of rotatable bonds is 4. The zero-order valence-electron chi connectivity index (χ0n) is 12.8. The number of aromatic nitrogens is 2. The molecule has 1 aliphatic carbocycles. The van der Waals surface area contributed by atoms with E-state index in [-0.39, 0.29) is 0 Å². The van der Waals surface area contributed by atoms with E-state index in [4.69, 9.17) is 11.6 Å². The molecule has 1 heterocycles. The lowest BCUT2D eigenvalue weighted by molar-refractivity contribution is 0.462. The number of hydrogen-bond donors (Lipinski definition) is 2. The maximum atomic E-state index is 6.05. The zero-order chi connectivity index (χ0) is 15.4. The summed E-state index contributed by atoms with van der Waals surface area (Å²) in [6.07, 6.45) is 8.18. The average molecular weight is 317 g/mol. The van der Waals surface area contributed by atoms with Gasteiger partial charge in [0, 0.05) is 22.9 Å². The van der Waals surface area contributed by atoms with Gasteiger partial charge in [-0.15, -0.1) is 0 Å². The van der Waals surface area contributed by atoms with Gasteiger partial charge in [0.2, 0.25) is 5.95 Å². The smallest absolute Gasteiger partial charge is 0.229 e. The van der Waals surface area contributed by atoms with Gasteiger partial charge >= 0.3 is 0 Å². The van der Waals surface area contributed by atoms with Crippen molar-refractivity contribution in [2.45, 2.75) is 45.1 Å². The first-order valence-electron chi connectivity index (χ1n) is 7.83. The maximum Gasteiger partial charge on any atom is 0.229 e. The predicted molar refractivity (Wildman–Crippen MR) is 92.0 cm³/mol. The third kappa shape index (κ3) is 3.89. The van der Waals surface area contributed by atoms with Crippen LogP contribution in [0.3, 0.4) is 0 Å². The number of halogens is 1. The normalized spacial score (nSPS) is 15.5. The zero-order valence-corrected chi connectivity index (χ0v) is 13.5. The lowest BCUT2D eigenvalue weighted by atomic mass is 9.95. The molecule has 2 N–H and O–H groups in total. The molecule has 0 amide bonds. The number of nitrogens with one attached hydrogen (secondary N) is 2. The molecular weight excluding hydrogens is 296 g/mol. The highest BCUT2D eigenvalue weighted by Gasteiger charge is 2.13. The molecule has 22 heavy (non-hydrogen) atoms. The fraction of sp³-hybridized carbons (Fsp3) is 0.412. The Morgan fingerprint density at radius 3 is 2.77 bits per heavy atom. The van der Waals surface area contributed by atoms with Crippen LogP contribution >= 0.6 is 11.6 Å². The summed E-state index contributed by atoms with van der Waals surface area (Å²) in [6.45, 7) is 2.03. The molecule has 0 unspecified atom stereocenters. The second-order valence-electron chi connectivity index (χ2n) is 5.83. The highest BCUT2D eigenvalue weighted by molar-refractivity contribution is 6.30. The average Bonchev–Trinajstić information content (AvgIpc) is 2.52. The van der Waals surface area contributed by atoms with Gasteiger partial charge in [-0.05, 0) is 43.5 Å². The molecule has 5 heteroatoms. The lowest BCUT2D eigenvalue weighted by Crippen LogP contribution is -2.22. The summed E-state index contributed by atoms with van der Waals surface area (Å²) < 4.78 is 0. The van der Waals surface area contributed by atoms with Crippen molar-refractivity contribution in [3.05, 3.63) is 41.0 Å². The molecule has 1 fully saturated rings. The van der Waals surface area contributed by atoms with E-state index in [0.717, 1.165) is 17.1 Å². The molecule has 1 aromatic carbocycles. The monoisotopic (exact) mass is 316 g/mol. The van der Waals surface area contributed by atoms with E-state index in [1.165, 1.54) is 32.1 Å². The maximum absolute atomic E-state index is 6.05. The number of benzene rings is 1. The second kappa shape index (κ2) is 6.97. The third-order valence-electron chi connectivity index (χ3n) is 4.06. The number of aryl methyl sites for hydroxylation is 1. The molecule has 1 saturated carbocycles. The van der Waals surface area contributed by atoms with Crippen LogP contribution in [0.2, 0.25) is 5.02 Å². The number of nitrogens with zero attached hydrogens (tertiary/aromatic N) is 2. The van der Waals surface area contributed by atoms with Gasteiger partial charge in [-0.1, -0.05) is 36.9 Å². The van der Waals surface area contributed by atoms with Crippen LogP contribution in [0.15, 0.2) is 30.5 Å². The predicted octanol–water partition coefficient (Wildman–Crippen LogP) is 4.93. The fourth-order valence-electron chi connectivity index (χ4n) is 2.80. The molecule has 1 aromatic heterocycles. The van der Waals surface area contributed by atoms with E-state index < -0.39 is 0 Å². The summed E-state index contributed by atoms with van der Waals surface area (Å²) in [5.41, 5.74) is 2.04. The van der Waals surface area contributed by atoms with Gasteiger partial charge in [0.25, 0.3) is 0 Å². The largest absolute Gasteiger partial charge is 0.367 e. The summed E-state index contributed by atoms with van der Waals surface area (Å²) in [6, 6.07) is 8.20. The molecule has 0 spiro atoms. The highest BCUT2D eigenvalue weighted by Crippen LogP contribution is 2.24. The van der Waals surface area contributed by atoms with Crippen LogP contribution in [0.25, 0.3) is 0 Å². The van der Waals surface area contributed by atoms with Crippen molar-refractivity contribution in [2.24, 2.45) is 0 Å². The van der Waals surface area contributed by atoms with Crippen LogP contribution in [0.5, 0.6) is 0 Å². The van der Waals surface area contributed by atoms with Crippen LogP contribution in [-0.2, 0) is 0 Å². The number of anilines is 3. The summed E-state index contributed by atoms with van der Waals surface area (Å²) >= 11 is 6.05. The first-order chi connectivity index (χ1) is 10.7. The second-order valence-corrected chi connectivity index (χ2v) is 6.27. The molecule has 116 valence electrons. The van der Waals surface area contributed by atoms with E-state index in [1.54, 1.807) is 6.20 Å². The standard InChI is InChI=1S/C17H21ClN4/c1-12-7-8-13(18)11-15(12)21-17-19-10-9-16(22-17)20-14-5-3-2-4-6-14/h7-11,14H,2-6H2,1H3,(H2,19,20,21,22). The van der Waals surface area contributed by atoms with Gasteiger partial charge < -0.3 is 10.6 Å². The summed E-state index contributed by atoms with van der Waals surface area (Å²) in [5.74, 6) is 1.47. The molecule has 4 nitrogen and oxygen atoms in total. The summed E-state index contributed by atoms with van der Waals surface area (Å²) in [7, 11) is 0. The van der Waals surface area contributed by atoms with Crippen LogP contribution in [-0.4, -0.2) is 16.0 Å². The Kier molecular flexibility index (Phi) is 4.78. The van der Waals surface area contributed by atoms with Crippen LogP contribution in [0.4, 0.5) is 17.5 Å². The van der Waals surface area contributed by atoms with E-state index in [2.05, 4.69) is 20.6 Å². The van der Waals surface area contributed by atoms with Crippen molar-refractivity contribution < 1.29 is 0 Å². The van der Waals surface area contributed by atoms with Gasteiger partial charge in [-0.3, -0.25) is 0 Å². The third-order valence-corrected chi connectivity index (χ3v) is 4.29. The highest BCUT2D eigenvalue weighted by atomic mass is 35.5. The van der Waals surface area contributed by atoms with Gasteiger partial charge in [-0.2, -0.15) is 4.98 Å². The molecule has 1 aliphatic rings. The van der Waals surface area contributed by atoms with Crippen molar-refractivity contribution in [1.29, 1.82) is 0 Å². The molecule has 2 aromatic rings. The Bertz CT molecular complexity index is 638. The lowest BCUT2D eigenvalue weighted by Gasteiger charge is -2.23. The Morgan fingerprint density at radius 1 is 1.14 bits per heavy atom. The molecule has 0 aliphatic heterocycles. The van der Waals surface area contributed by atoms with E-state index in [1.807, 2.05) is 31.2 Å². The summed E-state index contributed by atoms with van der Waals surface area (Å²) in [5, 5.41) is 7.46. The molecule has 0 saturated heterocycles. The van der Waals surface area contributed by atoms with Gasteiger partial charge in [-0.25, -0.2) is 4.98 Å². The first-order valence-corrected chi connectivity index (χ1v) is 8.21. The van der Waals surface area contributed by atoms with E-state index in [0.29, 0.717) is 17.0 Å². The molecule has 3 rings (SSSR count). The minimum Gasteiger partial charge on any atom is -0.367 e. The minimum atomic E-state index is 0.532. The fourth-order valence-corrected chi connectivity index (χ4v) is 2.98. The van der Waals surface area contributed by atoms with Crippen molar-refractivity contribution in [3.63, 3.8) is 0 Å². The Morgan fingerprint density at radius 2 is 1.95 bits per heavy atom. The van der Waals surface area contributed by atoms with Crippen molar-refractivity contribution in [2.75, 3.05) is 10.6 Å². The topological polar surface area (TPSA) is 49.8 Å². The minimum absolute atomic E-state index is 0.532. The SMILES string of the molecule is Cc1ccc(Cl)cc1Nc1nccc(NC2CCCCC2)n1. The van der Waals surface area contributed by atoms with Gasteiger partial charge in [0.15, 0.2) is 0 Å². The van der Waals surface area contributed by atoms with E-state index >= 15 is 0 Å². The van der Waals surface area contributed by atoms with Crippen molar-refractivity contribution in [3.8, 4) is 0 Å². The van der Waals surface area contributed by atoms with Crippen LogP contribution in [0, 0.1) is 6.92 Å². The molecular formula is C17H21ClN4. The van der Waals surface area contributed by atoms with Crippen LogP contribution < -0.4 is 10.6 Å². The van der Waals surface area contributed by atoms with Gasteiger partial charge in [0.05, 0.1) is 0 Å². The molecule has 0 atom stereocenters.